The van der Waals surface area contributed by atoms with E-state index < -0.39 is 0 Å². The summed E-state index contributed by atoms with van der Waals surface area (Å²) in [5.41, 5.74) is 10.8. The van der Waals surface area contributed by atoms with E-state index in [4.69, 9.17) is 5.73 Å². The van der Waals surface area contributed by atoms with Crippen LogP contribution in [0.1, 0.15) is 25.0 Å². The first-order valence-corrected chi connectivity index (χ1v) is 4.73. The van der Waals surface area contributed by atoms with Gasteiger partial charge in [-0.3, -0.25) is 0 Å². The molecule has 0 saturated heterocycles. The zero-order valence-corrected chi connectivity index (χ0v) is 8.17. The van der Waals surface area contributed by atoms with Crippen LogP contribution < -0.4 is 5.73 Å². The summed E-state index contributed by atoms with van der Waals surface area (Å²) in [6.07, 6.45) is 3.40. The molecule has 2 N–H and O–H groups in total. The summed E-state index contributed by atoms with van der Waals surface area (Å²) in [4.78, 5) is 0. The molecule has 0 amide bonds. The molecule has 68 valence electrons. The van der Waals surface area contributed by atoms with Gasteiger partial charge in [0.25, 0.3) is 0 Å². The molecule has 13 heavy (non-hydrogen) atoms. The van der Waals surface area contributed by atoms with Gasteiger partial charge in [0, 0.05) is 5.69 Å². The molecule has 0 aliphatic heterocycles. The summed E-state index contributed by atoms with van der Waals surface area (Å²) < 4.78 is 0. The van der Waals surface area contributed by atoms with Gasteiger partial charge in [0.2, 0.25) is 0 Å². The molecule has 2 rings (SSSR count). The molecule has 1 aromatic carbocycles. The Bertz CT molecular complexity index is 363. The average Bonchev–Trinajstić information content (AvgIpc) is 2.08. The van der Waals surface area contributed by atoms with Crippen molar-refractivity contribution in [2.75, 3.05) is 5.73 Å². The van der Waals surface area contributed by atoms with Crippen LogP contribution in [0.25, 0.3) is 6.08 Å². The lowest BCUT2D eigenvalue weighted by Crippen LogP contribution is -2.08. The average molecular weight is 173 g/mol. The molecule has 0 radical (unpaired) electrons. The van der Waals surface area contributed by atoms with Crippen molar-refractivity contribution in [3.8, 4) is 0 Å². The molecule has 0 bridgehead atoms. The number of allylic oxidation sites excluding steroid dienone is 1. The van der Waals surface area contributed by atoms with Gasteiger partial charge in [-0.25, -0.2) is 0 Å². The summed E-state index contributed by atoms with van der Waals surface area (Å²) in [5.74, 6) is 0.677. The highest BCUT2D eigenvalue weighted by Crippen LogP contribution is 2.28. The Morgan fingerprint density at radius 1 is 1.38 bits per heavy atom. The van der Waals surface area contributed by atoms with Gasteiger partial charge in [0.05, 0.1) is 0 Å². The fraction of sp³-hybridized carbons (Fsp3) is 0.333. The number of nitrogens with two attached hydrogens (primary N) is 1. The zero-order valence-electron chi connectivity index (χ0n) is 8.17. The molecule has 1 unspecified atom stereocenters. The van der Waals surface area contributed by atoms with Crippen molar-refractivity contribution in [3.05, 3.63) is 34.9 Å². The highest BCUT2D eigenvalue weighted by Gasteiger charge is 2.13. The summed E-state index contributed by atoms with van der Waals surface area (Å²) in [5, 5.41) is 0. The van der Waals surface area contributed by atoms with Crippen LogP contribution in [0.4, 0.5) is 5.69 Å². The van der Waals surface area contributed by atoms with Crippen molar-refractivity contribution < 1.29 is 0 Å². The van der Waals surface area contributed by atoms with Gasteiger partial charge in [-0.1, -0.05) is 24.6 Å². The summed E-state index contributed by atoms with van der Waals surface area (Å²) in [6, 6.07) is 6.19. The SMILES string of the molecule is CC1=Cc2cc(N)ccc2CC1C. The van der Waals surface area contributed by atoms with Crippen LogP contribution in [0, 0.1) is 5.92 Å². The predicted molar refractivity (Wildman–Crippen MR) is 57.4 cm³/mol. The van der Waals surface area contributed by atoms with Crippen molar-refractivity contribution in [1.82, 2.24) is 0 Å². The maximum Gasteiger partial charge on any atom is 0.0320 e. The number of hydrogen-bond acceptors (Lipinski definition) is 1. The third-order valence-electron chi connectivity index (χ3n) is 2.86. The third-order valence-corrected chi connectivity index (χ3v) is 2.86. The van der Waals surface area contributed by atoms with Crippen LogP contribution in [-0.4, -0.2) is 0 Å². The van der Waals surface area contributed by atoms with Crippen molar-refractivity contribution in [1.29, 1.82) is 0 Å². The Morgan fingerprint density at radius 2 is 2.15 bits per heavy atom. The van der Waals surface area contributed by atoms with Gasteiger partial charge in [0.1, 0.15) is 0 Å². The Labute approximate surface area is 79.3 Å². The van der Waals surface area contributed by atoms with Crippen LogP contribution >= 0.6 is 0 Å². The van der Waals surface area contributed by atoms with Gasteiger partial charge >= 0.3 is 0 Å². The van der Waals surface area contributed by atoms with E-state index in [0.29, 0.717) is 5.92 Å². The first-order valence-electron chi connectivity index (χ1n) is 4.73. The topological polar surface area (TPSA) is 26.0 Å². The number of fused-ring (bicyclic) bond motifs is 1. The number of rotatable bonds is 0. The van der Waals surface area contributed by atoms with Crippen molar-refractivity contribution >= 4 is 11.8 Å². The van der Waals surface area contributed by atoms with Gasteiger partial charge in [-0.2, -0.15) is 0 Å². The van der Waals surface area contributed by atoms with Gasteiger partial charge in [-0.15, -0.1) is 0 Å². The van der Waals surface area contributed by atoms with E-state index in [-0.39, 0.29) is 0 Å². The summed E-state index contributed by atoms with van der Waals surface area (Å²) in [6.45, 7) is 4.46. The van der Waals surface area contributed by atoms with E-state index in [2.05, 4.69) is 32.1 Å². The van der Waals surface area contributed by atoms with E-state index in [1.165, 1.54) is 16.7 Å². The summed E-state index contributed by atoms with van der Waals surface area (Å²) in [7, 11) is 0. The largest absolute Gasteiger partial charge is 0.399 e. The molecule has 1 aromatic rings. The third kappa shape index (κ3) is 1.46. The molecule has 1 nitrogen and oxygen atoms in total. The first kappa shape index (κ1) is 8.36. The minimum absolute atomic E-state index is 0.677. The number of hydrogen-bond donors (Lipinski definition) is 1. The minimum Gasteiger partial charge on any atom is -0.399 e. The lowest BCUT2D eigenvalue weighted by atomic mass is 9.85. The molecule has 0 aromatic heterocycles. The smallest absolute Gasteiger partial charge is 0.0320 e. The molecule has 0 saturated carbocycles. The quantitative estimate of drug-likeness (QED) is 0.600. The fourth-order valence-corrected chi connectivity index (χ4v) is 1.81. The minimum atomic E-state index is 0.677. The van der Waals surface area contributed by atoms with E-state index in [9.17, 15) is 0 Å². The van der Waals surface area contributed by atoms with E-state index in [0.717, 1.165) is 12.1 Å². The monoisotopic (exact) mass is 173 g/mol. The lowest BCUT2D eigenvalue weighted by molar-refractivity contribution is 0.672. The summed E-state index contributed by atoms with van der Waals surface area (Å²) >= 11 is 0. The maximum atomic E-state index is 5.73. The van der Waals surface area contributed by atoms with Crippen molar-refractivity contribution in [2.24, 2.45) is 5.92 Å². The van der Waals surface area contributed by atoms with Crippen LogP contribution in [0.3, 0.4) is 0 Å². The molecular weight excluding hydrogens is 158 g/mol. The normalized spacial score (nSPS) is 20.8. The molecule has 1 aliphatic rings. The van der Waals surface area contributed by atoms with Crippen LogP contribution in [0.15, 0.2) is 23.8 Å². The van der Waals surface area contributed by atoms with Gasteiger partial charge in [-0.05, 0) is 42.5 Å². The van der Waals surface area contributed by atoms with E-state index in [1.54, 1.807) is 0 Å². The predicted octanol–water partition coefficient (Wildman–Crippen LogP) is 2.86. The molecule has 0 fully saturated rings. The Kier molecular flexibility index (Phi) is 1.87. The first-order chi connectivity index (χ1) is 6.16. The molecule has 1 aliphatic carbocycles. The molecule has 1 atom stereocenters. The maximum absolute atomic E-state index is 5.73. The van der Waals surface area contributed by atoms with Crippen LogP contribution in [-0.2, 0) is 6.42 Å². The fourth-order valence-electron chi connectivity index (χ4n) is 1.81. The highest BCUT2D eigenvalue weighted by molar-refractivity contribution is 5.63. The number of benzene rings is 1. The Morgan fingerprint density at radius 3 is 2.92 bits per heavy atom. The second kappa shape index (κ2) is 2.91. The number of nitrogen functional groups attached to an aromatic ring is 1. The number of anilines is 1. The lowest BCUT2D eigenvalue weighted by Gasteiger charge is -2.20. The molecule has 1 heteroatoms. The van der Waals surface area contributed by atoms with E-state index >= 15 is 0 Å². The Hall–Kier alpha value is -1.24. The van der Waals surface area contributed by atoms with Crippen molar-refractivity contribution in [3.63, 3.8) is 0 Å². The van der Waals surface area contributed by atoms with E-state index in [1.807, 2.05) is 6.07 Å². The Balaban J connectivity index is 2.51. The van der Waals surface area contributed by atoms with Gasteiger partial charge in [0.15, 0.2) is 0 Å². The van der Waals surface area contributed by atoms with Crippen LogP contribution in [0.2, 0.25) is 0 Å². The van der Waals surface area contributed by atoms with Crippen molar-refractivity contribution in [2.45, 2.75) is 20.3 Å². The zero-order chi connectivity index (χ0) is 9.42. The standard InChI is InChI=1S/C12H15N/c1-8-5-10-3-4-12(13)7-11(10)6-9(8)2/h3-4,6-8H,5,13H2,1-2H3. The molecule has 0 heterocycles. The van der Waals surface area contributed by atoms with Crippen LogP contribution in [0.5, 0.6) is 0 Å². The second-order valence-electron chi connectivity index (χ2n) is 3.95. The molecular formula is C12H15N. The highest BCUT2D eigenvalue weighted by atomic mass is 14.5. The van der Waals surface area contributed by atoms with Gasteiger partial charge < -0.3 is 5.73 Å². The molecule has 0 spiro atoms. The second-order valence-corrected chi connectivity index (χ2v) is 3.95.